The standard InChI is InChI=1S/C17H19N3O4/c1-11-12-6-2-3-7-13(12)16(22)20(18-11)10-15(21)19-9-5-4-8-14(19)17(23)24/h2-3,6-7,14H,4-5,8-10H2,1H3,(H,23,24). The van der Waals surface area contributed by atoms with Crippen molar-refractivity contribution in [2.24, 2.45) is 0 Å². The molecular weight excluding hydrogens is 310 g/mol. The third kappa shape index (κ3) is 2.89. The van der Waals surface area contributed by atoms with E-state index in [0.717, 1.165) is 22.9 Å². The predicted molar refractivity (Wildman–Crippen MR) is 87.7 cm³/mol. The van der Waals surface area contributed by atoms with Gasteiger partial charge in [-0.2, -0.15) is 5.10 Å². The van der Waals surface area contributed by atoms with Gasteiger partial charge in [-0.05, 0) is 32.3 Å². The minimum atomic E-state index is -1.00. The second-order valence-electron chi connectivity index (χ2n) is 6.03. The van der Waals surface area contributed by atoms with Gasteiger partial charge in [0.15, 0.2) is 0 Å². The largest absolute Gasteiger partial charge is 0.480 e. The zero-order chi connectivity index (χ0) is 17.3. The maximum Gasteiger partial charge on any atom is 0.326 e. The maximum absolute atomic E-state index is 12.5. The molecule has 1 aromatic heterocycles. The molecular formula is C17H19N3O4. The van der Waals surface area contributed by atoms with Gasteiger partial charge < -0.3 is 10.0 Å². The van der Waals surface area contributed by atoms with Crippen molar-refractivity contribution < 1.29 is 14.7 Å². The van der Waals surface area contributed by atoms with Crippen LogP contribution in [0.2, 0.25) is 0 Å². The number of carboxylic acid groups (broad SMARTS) is 1. The molecule has 1 unspecified atom stereocenters. The molecule has 7 nitrogen and oxygen atoms in total. The molecule has 0 bridgehead atoms. The Morgan fingerprint density at radius 3 is 2.67 bits per heavy atom. The first kappa shape index (κ1) is 16.2. The number of fused-ring (bicyclic) bond motifs is 1. The molecule has 1 amide bonds. The summed E-state index contributed by atoms with van der Waals surface area (Å²) >= 11 is 0. The third-order valence-corrected chi connectivity index (χ3v) is 4.45. The molecule has 126 valence electrons. The number of rotatable bonds is 3. The van der Waals surface area contributed by atoms with Gasteiger partial charge >= 0.3 is 5.97 Å². The van der Waals surface area contributed by atoms with E-state index >= 15 is 0 Å². The smallest absolute Gasteiger partial charge is 0.326 e. The molecule has 2 heterocycles. The van der Waals surface area contributed by atoms with E-state index in [9.17, 15) is 19.5 Å². The SMILES string of the molecule is Cc1nn(CC(=O)N2CCCCC2C(=O)O)c(=O)c2ccccc12. The molecule has 0 aliphatic carbocycles. The van der Waals surface area contributed by atoms with E-state index < -0.39 is 12.0 Å². The fourth-order valence-corrected chi connectivity index (χ4v) is 3.22. The average Bonchev–Trinajstić information content (AvgIpc) is 2.59. The normalized spacial score (nSPS) is 17.9. The van der Waals surface area contributed by atoms with Crippen LogP contribution in [0.1, 0.15) is 25.0 Å². The van der Waals surface area contributed by atoms with Crippen molar-refractivity contribution in [3.8, 4) is 0 Å². The van der Waals surface area contributed by atoms with E-state index in [-0.39, 0.29) is 18.0 Å². The Balaban J connectivity index is 1.92. The number of hydrogen-bond acceptors (Lipinski definition) is 4. The molecule has 1 saturated heterocycles. The average molecular weight is 329 g/mol. The van der Waals surface area contributed by atoms with Crippen molar-refractivity contribution in [3.05, 3.63) is 40.3 Å². The minimum absolute atomic E-state index is 0.242. The van der Waals surface area contributed by atoms with Crippen LogP contribution in [-0.2, 0) is 16.1 Å². The Labute approximate surface area is 138 Å². The topological polar surface area (TPSA) is 92.5 Å². The number of aromatic nitrogens is 2. The lowest BCUT2D eigenvalue weighted by atomic mass is 10.0. The molecule has 24 heavy (non-hydrogen) atoms. The summed E-state index contributed by atoms with van der Waals surface area (Å²) in [5.41, 5.74) is 0.319. The number of benzene rings is 1. The lowest BCUT2D eigenvalue weighted by Gasteiger charge is -2.33. The second kappa shape index (κ2) is 6.43. The molecule has 1 aliphatic rings. The van der Waals surface area contributed by atoms with E-state index in [1.165, 1.54) is 4.90 Å². The van der Waals surface area contributed by atoms with Crippen LogP contribution in [0.3, 0.4) is 0 Å². The van der Waals surface area contributed by atoms with Gasteiger partial charge in [-0.3, -0.25) is 9.59 Å². The molecule has 1 atom stereocenters. The van der Waals surface area contributed by atoms with Crippen molar-refractivity contribution in [3.63, 3.8) is 0 Å². The molecule has 1 aromatic carbocycles. The number of hydrogen-bond donors (Lipinski definition) is 1. The van der Waals surface area contributed by atoms with E-state index in [2.05, 4.69) is 5.10 Å². The summed E-state index contributed by atoms with van der Waals surface area (Å²) < 4.78 is 1.13. The summed E-state index contributed by atoms with van der Waals surface area (Å²) in [6.07, 6.45) is 2.00. The van der Waals surface area contributed by atoms with Crippen molar-refractivity contribution in [2.45, 2.75) is 38.8 Å². The fourth-order valence-electron chi connectivity index (χ4n) is 3.22. The highest BCUT2D eigenvalue weighted by atomic mass is 16.4. The van der Waals surface area contributed by atoms with Crippen molar-refractivity contribution in [1.82, 2.24) is 14.7 Å². The Kier molecular flexibility index (Phi) is 4.33. The molecule has 1 fully saturated rings. The number of nitrogens with zero attached hydrogens (tertiary/aromatic N) is 3. The van der Waals surface area contributed by atoms with Gasteiger partial charge in [0, 0.05) is 11.9 Å². The highest BCUT2D eigenvalue weighted by Crippen LogP contribution is 2.18. The van der Waals surface area contributed by atoms with Gasteiger partial charge in [-0.25, -0.2) is 9.48 Å². The monoisotopic (exact) mass is 329 g/mol. The zero-order valence-electron chi connectivity index (χ0n) is 13.4. The van der Waals surface area contributed by atoms with Crippen LogP contribution in [0, 0.1) is 6.92 Å². The zero-order valence-corrected chi connectivity index (χ0v) is 13.4. The van der Waals surface area contributed by atoms with Crippen molar-refractivity contribution in [2.75, 3.05) is 6.54 Å². The molecule has 1 N–H and O–H groups in total. The first-order valence-electron chi connectivity index (χ1n) is 7.98. The lowest BCUT2D eigenvalue weighted by molar-refractivity contribution is -0.152. The number of aryl methyl sites for hydroxylation is 1. The molecule has 7 heteroatoms. The van der Waals surface area contributed by atoms with Crippen LogP contribution in [0.15, 0.2) is 29.1 Å². The number of carbonyl (C=O) groups excluding carboxylic acids is 1. The number of carboxylic acids is 1. The maximum atomic E-state index is 12.5. The number of amides is 1. The van der Waals surface area contributed by atoms with Gasteiger partial charge in [-0.1, -0.05) is 18.2 Å². The van der Waals surface area contributed by atoms with Crippen molar-refractivity contribution in [1.29, 1.82) is 0 Å². The molecule has 2 aromatic rings. The quantitative estimate of drug-likeness (QED) is 0.912. The van der Waals surface area contributed by atoms with Gasteiger partial charge in [0.05, 0.1) is 11.1 Å². The minimum Gasteiger partial charge on any atom is -0.480 e. The Hall–Kier alpha value is -2.70. The Bertz CT molecular complexity index is 859. The molecule has 0 radical (unpaired) electrons. The van der Waals surface area contributed by atoms with Crippen LogP contribution in [-0.4, -0.2) is 44.3 Å². The lowest BCUT2D eigenvalue weighted by Crippen LogP contribution is -2.49. The summed E-state index contributed by atoms with van der Waals surface area (Å²) in [4.78, 5) is 37.8. The Morgan fingerprint density at radius 1 is 1.25 bits per heavy atom. The van der Waals surface area contributed by atoms with Gasteiger partial charge in [-0.15, -0.1) is 0 Å². The molecule has 0 saturated carbocycles. The number of carbonyl (C=O) groups is 2. The first-order valence-corrected chi connectivity index (χ1v) is 7.98. The van der Waals surface area contributed by atoms with E-state index in [1.54, 1.807) is 19.1 Å². The predicted octanol–water partition coefficient (Wildman–Crippen LogP) is 1.17. The van der Waals surface area contributed by atoms with Crippen LogP contribution in [0.5, 0.6) is 0 Å². The molecule has 1 aliphatic heterocycles. The molecule has 3 rings (SSSR count). The first-order chi connectivity index (χ1) is 11.5. The van der Waals surface area contributed by atoms with E-state index in [0.29, 0.717) is 24.0 Å². The Morgan fingerprint density at radius 2 is 1.96 bits per heavy atom. The molecule has 0 spiro atoms. The summed E-state index contributed by atoms with van der Waals surface area (Å²) in [5, 5.41) is 14.8. The van der Waals surface area contributed by atoms with E-state index in [4.69, 9.17) is 0 Å². The van der Waals surface area contributed by atoms with Gasteiger partial charge in [0.25, 0.3) is 5.56 Å². The van der Waals surface area contributed by atoms with Crippen LogP contribution in [0.25, 0.3) is 10.8 Å². The van der Waals surface area contributed by atoms with Crippen LogP contribution in [0.4, 0.5) is 0 Å². The highest BCUT2D eigenvalue weighted by Gasteiger charge is 2.32. The summed E-state index contributed by atoms with van der Waals surface area (Å²) in [5.74, 6) is -1.38. The number of aliphatic carboxylic acids is 1. The highest BCUT2D eigenvalue weighted by molar-refractivity contribution is 5.85. The van der Waals surface area contributed by atoms with Crippen LogP contribution >= 0.6 is 0 Å². The van der Waals surface area contributed by atoms with Crippen LogP contribution < -0.4 is 5.56 Å². The summed E-state index contributed by atoms with van der Waals surface area (Å²) in [6, 6.07) is 6.30. The van der Waals surface area contributed by atoms with E-state index in [1.807, 2.05) is 12.1 Å². The van der Waals surface area contributed by atoms with Crippen molar-refractivity contribution >= 4 is 22.6 Å². The summed E-state index contributed by atoms with van der Waals surface area (Å²) in [6.45, 7) is 1.94. The number of piperidine rings is 1. The second-order valence-corrected chi connectivity index (χ2v) is 6.03. The van der Waals surface area contributed by atoms with Gasteiger partial charge in [0.2, 0.25) is 5.91 Å². The fraction of sp³-hybridized carbons (Fsp3) is 0.412. The number of likely N-dealkylation sites (tertiary alicyclic amines) is 1. The van der Waals surface area contributed by atoms with Gasteiger partial charge in [0.1, 0.15) is 12.6 Å². The summed E-state index contributed by atoms with van der Waals surface area (Å²) in [7, 11) is 0. The third-order valence-electron chi connectivity index (χ3n) is 4.45.